The van der Waals surface area contributed by atoms with Crippen molar-refractivity contribution in [2.75, 3.05) is 11.9 Å². The van der Waals surface area contributed by atoms with Crippen molar-refractivity contribution in [3.63, 3.8) is 0 Å². The van der Waals surface area contributed by atoms with Crippen LogP contribution in [-0.2, 0) is 16.0 Å². The van der Waals surface area contributed by atoms with Gasteiger partial charge in [-0.05, 0) is 37.0 Å². The highest BCUT2D eigenvalue weighted by Crippen LogP contribution is 2.24. The molecule has 2 aromatic rings. The molecule has 0 bridgehead atoms. The van der Waals surface area contributed by atoms with Gasteiger partial charge in [-0.25, -0.2) is 4.98 Å². The van der Waals surface area contributed by atoms with Crippen molar-refractivity contribution >= 4 is 34.0 Å². The van der Waals surface area contributed by atoms with Crippen LogP contribution in [0.4, 0.5) is 5.13 Å². The average molecular weight is 337 g/mol. The van der Waals surface area contributed by atoms with E-state index < -0.39 is 0 Å². The second kappa shape index (κ2) is 6.77. The molecule has 1 aliphatic rings. The third-order valence-electron chi connectivity index (χ3n) is 3.62. The minimum atomic E-state index is -0.330. The largest absolute Gasteiger partial charge is 0.368 e. The number of hydrogen-bond acceptors (Lipinski definition) is 4. The Labute approximate surface area is 138 Å². The Kier molecular flexibility index (Phi) is 4.76. The van der Waals surface area contributed by atoms with Gasteiger partial charge >= 0.3 is 0 Å². The standard InChI is InChI=1S/C16H17ClN2O2S/c1-10-4-5-11(8-13(10)17)7-12-9-18-16(22-12)19-15(20)14-3-2-6-21-14/h4-5,8-9,14H,2-3,6-7H2,1H3,(H,18,19,20)/t14-/m1/s1. The van der Waals surface area contributed by atoms with Crippen LogP contribution in [0.2, 0.25) is 5.02 Å². The predicted molar refractivity (Wildman–Crippen MR) is 88.7 cm³/mol. The van der Waals surface area contributed by atoms with Gasteiger partial charge < -0.3 is 4.74 Å². The molecule has 1 saturated heterocycles. The lowest BCUT2D eigenvalue weighted by Gasteiger charge is -2.07. The molecule has 0 radical (unpaired) electrons. The van der Waals surface area contributed by atoms with Gasteiger partial charge in [0.1, 0.15) is 6.10 Å². The molecule has 2 heterocycles. The molecule has 116 valence electrons. The second-order valence-corrected chi connectivity index (χ2v) is 6.91. The van der Waals surface area contributed by atoms with Crippen molar-refractivity contribution in [3.8, 4) is 0 Å². The minimum absolute atomic E-state index is 0.100. The molecular formula is C16H17ClN2O2S. The molecule has 6 heteroatoms. The molecular weight excluding hydrogens is 320 g/mol. The van der Waals surface area contributed by atoms with Crippen LogP contribution in [0.5, 0.6) is 0 Å². The van der Waals surface area contributed by atoms with Gasteiger partial charge in [-0.1, -0.05) is 23.7 Å². The molecule has 3 rings (SSSR count). The molecule has 1 fully saturated rings. The van der Waals surface area contributed by atoms with Crippen LogP contribution >= 0.6 is 22.9 Å². The van der Waals surface area contributed by atoms with E-state index in [-0.39, 0.29) is 12.0 Å². The number of thiazole rings is 1. The smallest absolute Gasteiger partial charge is 0.255 e. The van der Waals surface area contributed by atoms with Crippen LogP contribution in [0.25, 0.3) is 0 Å². The van der Waals surface area contributed by atoms with E-state index in [0.29, 0.717) is 11.7 Å². The second-order valence-electron chi connectivity index (χ2n) is 5.38. The summed E-state index contributed by atoms with van der Waals surface area (Å²) in [4.78, 5) is 17.3. The number of nitrogens with one attached hydrogen (secondary N) is 1. The Balaban J connectivity index is 1.63. The number of carbonyl (C=O) groups is 1. The minimum Gasteiger partial charge on any atom is -0.368 e. The zero-order chi connectivity index (χ0) is 15.5. The van der Waals surface area contributed by atoms with Crippen LogP contribution in [0, 0.1) is 6.92 Å². The molecule has 1 N–H and O–H groups in total. The molecule has 0 saturated carbocycles. The number of amides is 1. The highest BCUT2D eigenvalue weighted by atomic mass is 35.5. The first-order chi connectivity index (χ1) is 10.6. The molecule has 1 amide bonds. The summed E-state index contributed by atoms with van der Waals surface area (Å²) in [6.07, 6.45) is 3.95. The van der Waals surface area contributed by atoms with Crippen molar-refractivity contribution in [2.24, 2.45) is 0 Å². The van der Waals surface area contributed by atoms with E-state index in [9.17, 15) is 4.79 Å². The normalized spacial score (nSPS) is 17.6. The molecule has 22 heavy (non-hydrogen) atoms. The Morgan fingerprint density at radius 1 is 1.55 bits per heavy atom. The predicted octanol–water partition coefficient (Wildman–Crippen LogP) is 3.81. The SMILES string of the molecule is Cc1ccc(Cc2cnc(NC(=O)[C@H]3CCCO3)s2)cc1Cl. The van der Waals surface area contributed by atoms with Crippen LogP contribution in [-0.4, -0.2) is 23.6 Å². The third kappa shape index (κ3) is 3.66. The molecule has 0 unspecified atom stereocenters. The lowest BCUT2D eigenvalue weighted by Crippen LogP contribution is -2.26. The van der Waals surface area contributed by atoms with Gasteiger partial charge in [0, 0.05) is 29.1 Å². The number of anilines is 1. The summed E-state index contributed by atoms with van der Waals surface area (Å²) in [5.74, 6) is -0.100. The first kappa shape index (κ1) is 15.5. The van der Waals surface area contributed by atoms with Gasteiger partial charge in [0.05, 0.1) is 0 Å². The Morgan fingerprint density at radius 2 is 2.41 bits per heavy atom. The summed E-state index contributed by atoms with van der Waals surface area (Å²) in [6, 6.07) is 6.05. The number of halogens is 1. The maximum Gasteiger partial charge on any atom is 0.255 e. The fraction of sp³-hybridized carbons (Fsp3) is 0.375. The van der Waals surface area contributed by atoms with E-state index >= 15 is 0 Å². The lowest BCUT2D eigenvalue weighted by molar-refractivity contribution is -0.124. The Hall–Kier alpha value is -1.43. The summed E-state index contributed by atoms with van der Waals surface area (Å²) < 4.78 is 5.36. The first-order valence-corrected chi connectivity index (χ1v) is 8.43. The number of carbonyl (C=O) groups excluding carboxylic acids is 1. The number of rotatable bonds is 4. The summed E-state index contributed by atoms with van der Waals surface area (Å²) in [7, 11) is 0. The van der Waals surface area contributed by atoms with Gasteiger partial charge in [-0.2, -0.15) is 0 Å². The fourth-order valence-corrected chi connectivity index (χ4v) is 3.42. The van der Waals surface area contributed by atoms with Gasteiger partial charge in [-0.3, -0.25) is 10.1 Å². The quantitative estimate of drug-likeness (QED) is 0.923. The van der Waals surface area contributed by atoms with E-state index in [1.807, 2.05) is 19.1 Å². The number of benzene rings is 1. The molecule has 0 spiro atoms. The van der Waals surface area contributed by atoms with Gasteiger partial charge in [-0.15, -0.1) is 11.3 Å². The van der Waals surface area contributed by atoms with Crippen LogP contribution in [0.1, 0.15) is 28.8 Å². The lowest BCUT2D eigenvalue weighted by atomic mass is 10.1. The summed E-state index contributed by atoms with van der Waals surface area (Å²) >= 11 is 7.63. The number of aromatic nitrogens is 1. The highest BCUT2D eigenvalue weighted by molar-refractivity contribution is 7.15. The van der Waals surface area contributed by atoms with E-state index in [1.165, 1.54) is 11.3 Å². The van der Waals surface area contributed by atoms with Crippen molar-refractivity contribution in [1.82, 2.24) is 4.98 Å². The van der Waals surface area contributed by atoms with E-state index in [4.69, 9.17) is 16.3 Å². The van der Waals surface area contributed by atoms with E-state index in [1.54, 1.807) is 6.20 Å². The van der Waals surface area contributed by atoms with Gasteiger partial charge in [0.2, 0.25) is 0 Å². The number of ether oxygens (including phenoxy) is 1. The topological polar surface area (TPSA) is 51.2 Å². The summed E-state index contributed by atoms with van der Waals surface area (Å²) in [6.45, 7) is 2.65. The zero-order valence-corrected chi connectivity index (χ0v) is 13.8. The number of hydrogen-bond donors (Lipinski definition) is 1. The Morgan fingerprint density at radius 3 is 3.14 bits per heavy atom. The zero-order valence-electron chi connectivity index (χ0n) is 12.3. The first-order valence-electron chi connectivity index (χ1n) is 7.24. The van der Waals surface area contributed by atoms with Crippen LogP contribution in [0.15, 0.2) is 24.4 Å². The van der Waals surface area contributed by atoms with Crippen LogP contribution in [0.3, 0.4) is 0 Å². The molecule has 1 atom stereocenters. The van der Waals surface area contributed by atoms with E-state index in [0.717, 1.165) is 40.3 Å². The van der Waals surface area contributed by atoms with Crippen LogP contribution < -0.4 is 5.32 Å². The van der Waals surface area contributed by atoms with Crippen molar-refractivity contribution in [1.29, 1.82) is 0 Å². The summed E-state index contributed by atoms with van der Waals surface area (Å²) in [5, 5.41) is 4.22. The van der Waals surface area contributed by atoms with E-state index in [2.05, 4.69) is 16.4 Å². The fourth-order valence-electron chi connectivity index (χ4n) is 2.36. The summed E-state index contributed by atoms with van der Waals surface area (Å²) in [5.41, 5.74) is 2.20. The Bertz CT molecular complexity index is 681. The third-order valence-corrected chi connectivity index (χ3v) is 4.94. The highest BCUT2D eigenvalue weighted by Gasteiger charge is 2.24. The van der Waals surface area contributed by atoms with Gasteiger partial charge in [0.15, 0.2) is 5.13 Å². The molecule has 1 aromatic heterocycles. The van der Waals surface area contributed by atoms with Crippen molar-refractivity contribution < 1.29 is 9.53 Å². The maximum absolute atomic E-state index is 12.0. The van der Waals surface area contributed by atoms with Gasteiger partial charge in [0.25, 0.3) is 5.91 Å². The molecule has 4 nitrogen and oxygen atoms in total. The maximum atomic E-state index is 12.0. The molecule has 0 aliphatic carbocycles. The number of aryl methyl sites for hydroxylation is 1. The molecule has 1 aliphatic heterocycles. The number of nitrogens with zero attached hydrogens (tertiary/aromatic N) is 1. The molecule has 1 aromatic carbocycles. The monoisotopic (exact) mass is 336 g/mol. The van der Waals surface area contributed by atoms with Crippen molar-refractivity contribution in [3.05, 3.63) is 45.4 Å². The average Bonchev–Trinajstić information content (AvgIpc) is 3.15. The van der Waals surface area contributed by atoms with Crippen molar-refractivity contribution in [2.45, 2.75) is 32.3 Å².